The topological polar surface area (TPSA) is 237 Å². The Morgan fingerprint density at radius 1 is 0.304 bits per heavy atom. The van der Waals surface area contributed by atoms with Crippen LogP contribution in [0.2, 0.25) is 0 Å². The first kappa shape index (κ1) is 90.1. The highest BCUT2D eigenvalue weighted by Crippen LogP contribution is 2.45. The van der Waals surface area contributed by atoms with Crippen molar-refractivity contribution in [2.24, 2.45) is 23.7 Å². The molecule has 0 spiro atoms. The zero-order valence-electron chi connectivity index (χ0n) is 60.2. The van der Waals surface area contributed by atoms with E-state index < -0.39 is 97.5 Å². The normalized spacial score (nSPS) is 14.5. The Kier molecular flexibility index (Phi) is 61.3. The van der Waals surface area contributed by atoms with Crippen LogP contribution in [-0.2, 0) is 65.4 Å². The van der Waals surface area contributed by atoms with Gasteiger partial charge in [0.25, 0.3) is 0 Å². The summed E-state index contributed by atoms with van der Waals surface area (Å²) in [6, 6.07) is 0. The number of esters is 4. The van der Waals surface area contributed by atoms with E-state index >= 15 is 0 Å². The van der Waals surface area contributed by atoms with Crippen LogP contribution in [0.1, 0.15) is 364 Å². The lowest BCUT2D eigenvalue weighted by Gasteiger charge is -2.21. The zero-order valence-corrected chi connectivity index (χ0v) is 62.0. The van der Waals surface area contributed by atoms with Crippen LogP contribution in [0, 0.1) is 23.7 Å². The largest absolute Gasteiger partial charge is 0.472 e. The second-order valence-corrected chi connectivity index (χ2v) is 30.9. The Morgan fingerprint density at radius 2 is 0.522 bits per heavy atom. The molecule has 0 amide bonds. The van der Waals surface area contributed by atoms with Gasteiger partial charge in [0.2, 0.25) is 0 Å². The lowest BCUT2D eigenvalue weighted by molar-refractivity contribution is -0.161. The maximum atomic E-state index is 13.0. The van der Waals surface area contributed by atoms with Gasteiger partial charge in [0.05, 0.1) is 26.4 Å². The number of carbonyl (C=O) groups is 4. The molecule has 0 saturated carbocycles. The minimum atomic E-state index is -4.95. The van der Waals surface area contributed by atoms with Crippen molar-refractivity contribution in [3.05, 3.63) is 0 Å². The van der Waals surface area contributed by atoms with E-state index in [1.165, 1.54) is 161 Å². The molecule has 0 aromatic rings. The first-order valence-corrected chi connectivity index (χ1v) is 40.7. The summed E-state index contributed by atoms with van der Waals surface area (Å²) in [5.41, 5.74) is 0. The monoisotopic (exact) mass is 1350 g/mol. The molecule has 0 aromatic carbocycles. The van der Waals surface area contributed by atoms with Gasteiger partial charge in [0.15, 0.2) is 12.2 Å². The molecule has 0 aliphatic carbocycles. The summed E-state index contributed by atoms with van der Waals surface area (Å²) >= 11 is 0. The van der Waals surface area contributed by atoms with Gasteiger partial charge < -0.3 is 33.8 Å². The Morgan fingerprint density at radius 3 is 0.772 bits per heavy atom. The molecule has 546 valence electrons. The molecule has 3 N–H and O–H groups in total. The molecule has 6 atom stereocenters. The number of rotatable bonds is 70. The Balaban J connectivity index is 5.23. The fourth-order valence-corrected chi connectivity index (χ4v) is 12.6. The molecule has 0 heterocycles. The molecule has 0 aliphatic rings. The number of carbonyl (C=O) groups excluding carboxylic acids is 4. The summed E-state index contributed by atoms with van der Waals surface area (Å²) in [6.07, 6.45) is 45.9. The van der Waals surface area contributed by atoms with Gasteiger partial charge in [-0.2, -0.15) is 0 Å². The van der Waals surface area contributed by atoms with Crippen molar-refractivity contribution in [2.75, 3.05) is 39.6 Å². The van der Waals surface area contributed by atoms with Gasteiger partial charge in [-0.15, -0.1) is 0 Å². The predicted molar refractivity (Wildman–Crippen MR) is 372 cm³/mol. The van der Waals surface area contributed by atoms with Crippen LogP contribution in [0.4, 0.5) is 0 Å². The molecule has 0 radical (unpaired) electrons. The minimum Gasteiger partial charge on any atom is -0.462 e. The van der Waals surface area contributed by atoms with Crippen molar-refractivity contribution in [3.63, 3.8) is 0 Å². The molecule has 92 heavy (non-hydrogen) atoms. The number of aliphatic hydroxyl groups is 1. The Hall–Kier alpha value is -1.94. The SMILES string of the molecule is CCC(C)CCCCCCCCCCC(=O)OC[C@H](COP(=O)(O)OCC(O)COP(=O)(O)OC[C@@H](COC(=O)CCCCCCCCCC(C)C)OC(=O)CCCCCCCCCCCCCCCCCC(C)C)OC(=O)CCCCCCCCCCCC(C)C. The molecule has 0 fully saturated rings. The molecule has 0 rings (SSSR count). The number of aliphatic hydroxyl groups excluding tert-OH is 1. The first-order chi connectivity index (χ1) is 44.1. The summed E-state index contributed by atoms with van der Waals surface area (Å²) in [5, 5.41) is 10.6. The van der Waals surface area contributed by atoms with Crippen LogP contribution in [0.3, 0.4) is 0 Å². The molecular weight excluding hydrogens is 1210 g/mol. The van der Waals surface area contributed by atoms with E-state index in [9.17, 15) is 43.2 Å². The highest BCUT2D eigenvalue weighted by atomic mass is 31.2. The quantitative estimate of drug-likeness (QED) is 0.0222. The maximum Gasteiger partial charge on any atom is 0.472 e. The second-order valence-electron chi connectivity index (χ2n) is 28.0. The number of phosphoric ester groups is 2. The van der Waals surface area contributed by atoms with Gasteiger partial charge >= 0.3 is 39.5 Å². The van der Waals surface area contributed by atoms with Crippen molar-refractivity contribution >= 4 is 39.5 Å². The maximum absolute atomic E-state index is 13.0. The average Bonchev–Trinajstić information content (AvgIpc) is 2.17. The van der Waals surface area contributed by atoms with Crippen molar-refractivity contribution in [1.29, 1.82) is 0 Å². The summed E-state index contributed by atoms with van der Waals surface area (Å²) in [6.45, 7) is 14.1. The van der Waals surface area contributed by atoms with Crippen molar-refractivity contribution in [3.8, 4) is 0 Å². The fourth-order valence-electron chi connectivity index (χ4n) is 11.0. The summed E-state index contributed by atoms with van der Waals surface area (Å²) in [5.74, 6) is 0.895. The third-order valence-electron chi connectivity index (χ3n) is 17.2. The van der Waals surface area contributed by atoms with Gasteiger partial charge in [0.1, 0.15) is 19.3 Å². The minimum absolute atomic E-state index is 0.104. The molecular formula is C73H142O17P2. The smallest absolute Gasteiger partial charge is 0.462 e. The van der Waals surface area contributed by atoms with E-state index in [1.54, 1.807) is 0 Å². The predicted octanol–water partition coefficient (Wildman–Crippen LogP) is 20.9. The zero-order chi connectivity index (χ0) is 68.2. The van der Waals surface area contributed by atoms with Crippen LogP contribution in [-0.4, -0.2) is 96.7 Å². The van der Waals surface area contributed by atoms with Crippen molar-refractivity contribution in [1.82, 2.24) is 0 Å². The van der Waals surface area contributed by atoms with E-state index in [0.29, 0.717) is 31.6 Å². The molecule has 19 heteroatoms. The van der Waals surface area contributed by atoms with E-state index in [1.807, 2.05) is 0 Å². The lowest BCUT2D eigenvalue weighted by Crippen LogP contribution is -2.30. The Labute approximate surface area is 562 Å². The number of hydrogen-bond donors (Lipinski definition) is 3. The van der Waals surface area contributed by atoms with Crippen LogP contribution < -0.4 is 0 Å². The van der Waals surface area contributed by atoms with Crippen molar-refractivity contribution < 1.29 is 80.2 Å². The van der Waals surface area contributed by atoms with Gasteiger partial charge in [-0.3, -0.25) is 37.3 Å². The van der Waals surface area contributed by atoms with Crippen LogP contribution in [0.5, 0.6) is 0 Å². The molecule has 0 aliphatic heterocycles. The Bertz CT molecular complexity index is 1820. The van der Waals surface area contributed by atoms with Crippen LogP contribution >= 0.6 is 15.6 Å². The standard InChI is InChI=1S/C73H142O17P2/c1-9-66(8)52-44-36-28-22-23-29-37-45-53-70(75)83-59-68(90-73(78)56-48-40-31-21-17-19-26-34-42-50-64(4)5)61-87-91(79,80)85-57-67(74)58-86-92(81,82)88-62-69(60-84-71(76)54-46-38-32-24-27-35-43-51-65(6)7)89-72(77)55-47-39-30-20-16-14-12-10-11-13-15-18-25-33-41-49-63(2)3/h63-69,74H,9-62H2,1-8H3,(H,79,80)(H,81,82)/t66?,67?,68-,69-/m1/s1. The number of ether oxygens (including phenoxy) is 4. The first-order valence-electron chi connectivity index (χ1n) is 37.7. The summed E-state index contributed by atoms with van der Waals surface area (Å²) in [7, 11) is -9.91. The number of unbranched alkanes of at least 4 members (excludes halogenated alkanes) is 35. The van der Waals surface area contributed by atoms with Gasteiger partial charge in [-0.05, 0) is 49.4 Å². The third kappa shape index (κ3) is 65.4. The lowest BCUT2D eigenvalue weighted by atomic mass is 9.99. The molecule has 17 nitrogen and oxygen atoms in total. The van der Waals surface area contributed by atoms with Crippen LogP contribution in [0.15, 0.2) is 0 Å². The molecule has 0 saturated heterocycles. The average molecular weight is 1350 g/mol. The summed E-state index contributed by atoms with van der Waals surface area (Å²) in [4.78, 5) is 72.7. The van der Waals surface area contributed by atoms with Gasteiger partial charge in [-0.25, -0.2) is 9.13 Å². The van der Waals surface area contributed by atoms with E-state index in [0.717, 1.165) is 114 Å². The fraction of sp³-hybridized carbons (Fsp3) is 0.945. The van der Waals surface area contributed by atoms with Crippen molar-refractivity contribution in [2.45, 2.75) is 382 Å². The highest BCUT2D eigenvalue weighted by Gasteiger charge is 2.30. The molecule has 4 unspecified atom stereocenters. The molecule has 0 aromatic heterocycles. The van der Waals surface area contributed by atoms with E-state index in [4.69, 9.17) is 37.0 Å². The highest BCUT2D eigenvalue weighted by molar-refractivity contribution is 7.47. The number of hydrogen-bond acceptors (Lipinski definition) is 15. The molecule has 0 bridgehead atoms. The van der Waals surface area contributed by atoms with E-state index in [2.05, 4.69) is 55.4 Å². The van der Waals surface area contributed by atoms with Crippen LogP contribution in [0.25, 0.3) is 0 Å². The van der Waals surface area contributed by atoms with Gasteiger partial charge in [0, 0.05) is 25.7 Å². The second kappa shape index (κ2) is 62.6. The van der Waals surface area contributed by atoms with E-state index in [-0.39, 0.29) is 25.7 Å². The number of phosphoric acid groups is 2. The summed E-state index contributed by atoms with van der Waals surface area (Å²) < 4.78 is 68.4. The van der Waals surface area contributed by atoms with Gasteiger partial charge in [-0.1, -0.05) is 312 Å². The third-order valence-corrected chi connectivity index (χ3v) is 19.1.